The quantitative estimate of drug-likeness (QED) is 0.652. The van der Waals surface area contributed by atoms with Crippen LogP contribution in [0.25, 0.3) is 0 Å². The molecular weight excluding hydrogens is 320 g/mol. The van der Waals surface area contributed by atoms with E-state index in [4.69, 9.17) is 0 Å². The van der Waals surface area contributed by atoms with Gasteiger partial charge in [0, 0.05) is 16.1 Å². The van der Waals surface area contributed by atoms with Gasteiger partial charge in [0.1, 0.15) is 0 Å². The van der Waals surface area contributed by atoms with Gasteiger partial charge in [0.15, 0.2) is 0 Å². The molecule has 0 spiro atoms. The van der Waals surface area contributed by atoms with E-state index in [1.807, 2.05) is 30.5 Å². The molecule has 2 amide bonds. The SMILES string of the molecule is CSc1cccc(NC(=O)C(=O)NC23CC4CC(CC(C4)C2)C3)c1. The Bertz CT molecular complexity index is 638. The molecule has 5 rings (SSSR count). The molecule has 4 aliphatic rings. The summed E-state index contributed by atoms with van der Waals surface area (Å²) < 4.78 is 0. The number of carbonyl (C=O) groups excluding carboxylic acids is 2. The minimum Gasteiger partial charge on any atom is -0.342 e. The number of carbonyl (C=O) groups is 2. The van der Waals surface area contributed by atoms with Gasteiger partial charge in [-0.3, -0.25) is 9.59 Å². The number of anilines is 1. The summed E-state index contributed by atoms with van der Waals surface area (Å²) in [5.74, 6) is 1.21. The van der Waals surface area contributed by atoms with Crippen molar-refractivity contribution in [3.05, 3.63) is 24.3 Å². The minimum absolute atomic E-state index is 0.121. The fourth-order valence-electron chi connectivity index (χ4n) is 5.45. The minimum atomic E-state index is -0.552. The maximum atomic E-state index is 12.5. The zero-order valence-corrected chi connectivity index (χ0v) is 14.8. The number of nitrogens with one attached hydrogen (secondary N) is 2. The lowest BCUT2D eigenvalue weighted by Gasteiger charge is -2.56. The normalized spacial score (nSPS) is 33.3. The average Bonchev–Trinajstić information content (AvgIpc) is 2.53. The van der Waals surface area contributed by atoms with E-state index < -0.39 is 11.8 Å². The Labute approximate surface area is 147 Å². The van der Waals surface area contributed by atoms with E-state index in [1.165, 1.54) is 19.3 Å². The summed E-state index contributed by atoms with van der Waals surface area (Å²) in [6.45, 7) is 0. The summed E-state index contributed by atoms with van der Waals surface area (Å²) in [7, 11) is 0. The second kappa shape index (κ2) is 6.10. The highest BCUT2D eigenvalue weighted by Crippen LogP contribution is 2.55. The largest absolute Gasteiger partial charge is 0.342 e. The predicted molar refractivity (Wildman–Crippen MR) is 95.9 cm³/mol. The third kappa shape index (κ3) is 3.06. The Balaban J connectivity index is 1.41. The van der Waals surface area contributed by atoms with Gasteiger partial charge in [0.2, 0.25) is 0 Å². The third-order valence-electron chi connectivity index (χ3n) is 5.95. The van der Waals surface area contributed by atoms with Crippen molar-refractivity contribution in [2.75, 3.05) is 11.6 Å². The molecule has 4 aliphatic carbocycles. The molecule has 128 valence electrons. The molecule has 0 unspecified atom stereocenters. The Hall–Kier alpha value is -1.49. The van der Waals surface area contributed by atoms with Gasteiger partial charge in [0.05, 0.1) is 0 Å². The van der Waals surface area contributed by atoms with Crippen molar-refractivity contribution in [3.8, 4) is 0 Å². The van der Waals surface area contributed by atoms with Crippen LogP contribution in [0.2, 0.25) is 0 Å². The van der Waals surface area contributed by atoms with Gasteiger partial charge in [-0.15, -0.1) is 11.8 Å². The second-order valence-corrected chi connectivity index (χ2v) is 8.72. The first kappa shape index (κ1) is 16.0. The van der Waals surface area contributed by atoms with E-state index in [1.54, 1.807) is 11.8 Å². The fourth-order valence-corrected chi connectivity index (χ4v) is 5.91. The molecule has 0 radical (unpaired) electrons. The first-order valence-corrected chi connectivity index (χ1v) is 10.1. The van der Waals surface area contributed by atoms with Gasteiger partial charge in [0.25, 0.3) is 0 Å². The molecule has 4 saturated carbocycles. The second-order valence-electron chi connectivity index (χ2n) is 7.84. The van der Waals surface area contributed by atoms with E-state index in [0.29, 0.717) is 5.69 Å². The summed E-state index contributed by atoms with van der Waals surface area (Å²) in [5, 5.41) is 5.85. The van der Waals surface area contributed by atoms with Gasteiger partial charge in [-0.2, -0.15) is 0 Å². The number of thioether (sulfide) groups is 1. The third-order valence-corrected chi connectivity index (χ3v) is 6.68. The lowest BCUT2D eigenvalue weighted by Crippen LogP contribution is -2.61. The molecule has 0 aromatic heterocycles. The van der Waals surface area contributed by atoms with Crippen LogP contribution in [0.5, 0.6) is 0 Å². The van der Waals surface area contributed by atoms with E-state index in [9.17, 15) is 9.59 Å². The van der Waals surface area contributed by atoms with Crippen LogP contribution in [-0.2, 0) is 9.59 Å². The van der Waals surface area contributed by atoms with Crippen LogP contribution >= 0.6 is 11.8 Å². The maximum absolute atomic E-state index is 12.5. The topological polar surface area (TPSA) is 58.2 Å². The molecule has 1 aromatic carbocycles. The number of rotatable bonds is 3. The van der Waals surface area contributed by atoms with Crippen LogP contribution in [0.4, 0.5) is 5.69 Å². The van der Waals surface area contributed by atoms with E-state index in [0.717, 1.165) is 41.9 Å². The van der Waals surface area contributed by atoms with Crippen LogP contribution in [0.15, 0.2) is 29.2 Å². The monoisotopic (exact) mass is 344 g/mol. The molecular formula is C19H24N2O2S. The van der Waals surface area contributed by atoms with Crippen molar-refractivity contribution >= 4 is 29.3 Å². The number of hydrogen-bond donors (Lipinski definition) is 2. The van der Waals surface area contributed by atoms with Crippen molar-refractivity contribution in [2.45, 2.75) is 49.0 Å². The molecule has 4 nitrogen and oxygen atoms in total. The van der Waals surface area contributed by atoms with Crippen molar-refractivity contribution in [1.29, 1.82) is 0 Å². The van der Waals surface area contributed by atoms with E-state index in [-0.39, 0.29) is 5.54 Å². The Morgan fingerprint density at radius 2 is 1.67 bits per heavy atom. The van der Waals surface area contributed by atoms with Crippen molar-refractivity contribution < 1.29 is 9.59 Å². The van der Waals surface area contributed by atoms with Crippen LogP contribution in [0, 0.1) is 17.8 Å². The number of hydrogen-bond acceptors (Lipinski definition) is 3. The summed E-state index contributed by atoms with van der Waals surface area (Å²) >= 11 is 1.61. The predicted octanol–water partition coefficient (Wildman–Crippen LogP) is 3.43. The highest BCUT2D eigenvalue weighted by molar-refractivity contribution is 7.98. The Kier molecular flexibility index (Phi) is 4.07. The van der Waals surface area contributed by atoms with E-state index >= 15 is 0 Å². The first-order chi connectivity index (χ1) is 11.5. The van der Waals surface area contributed by atoms with Crippen molar-refractivity contribution in [1.82, 2.24) is 5.32 Å². The molecule has 2 N–H and O–H groups in total. The molecule has 0 saturated heterocycles. The highest BCUT2D eigenvalue weighted by Gasteiger charge is 2.51. The molecule has 5 heteroatoms. The summed E-state index contributed by atoms with van der Waals surface area (Å²) in [6.07, 6.45) is 9.12. The molecule has 0 atom stereocenters. The molecule has 1 aromatic rings. The molecule has 4 fully saturated rings. The lowest BCUT2D eigenvalue weighted by molar-refractivity contribution is -0.139. The number of benzene rings is 1. The van der Waals surface area contributed by atoms with E-state index in [2.05, 4.69) is 10.6 Å². The molecule has 0 heterocycles. The van der Waals surface area contributed by atoms with Gasteiger partial charge < -0.3 is 10.6 Å². The zero-order valence-electron chi connectivity index (χ0n) is 14.0. The van der Waals surface area contributed by atoms with Crippen molar-refractivity contribution in [3.63, 3.8) is 0 Å². The van der Waals surface area contributed by atoms with Gasteiger partial charge in [-0.25, -0.2) is 0 Å². The molecule has 24 heavy (non-hydrogen) atoms. The van der Waals surface area contributed by atoms with Crippen molar-refractivity contribution in [2.24, 2.45) is 17.8 Å². The summed E-state index contributed by atoms with van der Waals surface area (Å²) in [6, 6.07) is 7.57. The highest BCUT2D eigenvalue weighted by atomic mass is 32.2. The van der Waals surface area contributed by atoms with Crippen LogP contribution in [0.3, 0.4) is 0 Å². The first-order valence-electron chi connectivity index (χ1n) is 8.83. The fraction of sp³-hybridized carbons (Fsp3) is 0.579. The lowest BCUT2D eigenvalue weighted by atomic mass is 9.53. The average molecular weight is 344 g/mol. The zero-order chi connectivity index (χ0) is 16.7. The Morgan fingerprint density at radius 3 is 2.25 bits per heavy atom. The Morgan fingerprint density at radius 1 is 1.04 bits per heavy atom. The standard InChI is InChI=1S/C19H24N2O2S/c1-24-16-4-2-3-15(8-16)20-17(22)18(23)21-19-9-12-5-13(10-19)7-14(6-12)11-19/h2-4,8,12-14H,5-7,9-11H2,1H3,(H,20,22)(H,21,23). The maximum Gasteiger partial charge on any atom is 0.313 e. The van der Waals surface area contributed by atoms with Crippen LogP contribution < -0.4 is 10.6 Å². The molecule has 0 aliphatic heterocycles. The van der Waals surface area contributed by atoms with Gasteiger partial charge in [-0.1, -0.05) is 6.07 Å². The molecule has 4 bridgehead atoms. The summed E-state index contributed by atoms with van der Waals surface area (Å²) in [5.41, 5.74) is 0.553. The van der Waals surface area contributed by atoms with Gasteiger partial charge >= 0.3 is 11.8 Å². The van der Waals surface area contributed by atoms with Gasteiger partial charge in [-0.05, 0) is 80.7 Å². The number of amides is 2. The van der Waals surface area contributed by atoms with Crippen LogP contribution in [-0.4, -0.2) is 23.6 Å². The van der Waals surface area contributed by atoms with Crippen LogP contribution in [0.1, 0.15) is 38.5 Å². The smallest absolute Gasteiger partial charge is 0.313 e. The summed E-state index contributed by atoms with van der Waals surface area (Å²) in [4.78, 5) is 25.8.